The number of aliphatic hydroxyl groups is 1. The Morgan fingerprint density at radius 1 is 1.20 bits per heavy atom. The number of anilines is 2. The van der Waals surface area contributed by atoms with Crippen molar-refractivity contribution in [2.75, 3.05) is 19.0 Å². The smallest absolute Gasteiger partial charge is 0.291 e. The minimum atomic E-state index is -3.01. The van der Waals surface area contributed by atoms with Crippen molar-refractivity contribution < 1.29 is 23.0 Å². The topological polar surface area (TPSA) is 107 Å². The Bertz CT molecular complexity index is 1410. The number of aromatic nitrogens is 5. The minimum absolute atomic E-state index is 0.0983. The van der Waals surface area contributed by atoms with Gasteiger partial charge in [0.15, 0.2) is 0 Å². The number of aryl methyl sites for hydroxylation is 1. The molecule has 0 amide bonds. The van der Waals surface area contributed by atoms with Gasteiger partial charge in [-0.2, -0.15) is 5.10 Å². The van der Waals surface area contributed by atoms with E-state index in [9.17, 15) is 23.1 Å². The first-order chi connectivity index (χ1) is 16.8. The molecule has 0 aliphatic carbocycles. The van der Waals surface area contributed by atoms with Gasteiger partial charge in [0.25, 0.3) is 12.0 Å². The number of methoxy groups -OCH3 is 1. The summed E-state index contributed by atoms with van der Waals surface area (Å²) in [6.07, 6.45) is 2.58. The van der Waals surface area contributed by atoms with E-state index in [0.717, 1.165) is 24.0 Å². The van der Waals surface area contributed by atoms with E-state index in [4.69, 9.17) is 4.74 Å². The number of alkyl halides is 2. The molecule has 0 aliphatic heterocycles. The first kappa shape index (κ1) is 24.0. The lowest BCUT2D eigenvalue weighted by Gasteiger charge is -2.19. The van der Waals surface area contributed by atoms with Gasteiger partial charge in [0.05, 0.1) is 37.6 Å². The Labute approximate surface area is 197 Å². The summed E-state index contributed by atoms with van der Waals surface area (Å²) >= 11 is 0. The van der Waals surface area contributed by atoms with Gasteiger partial charge in [0.1, 0.15) is 29.0 Å². The van der Waals surface area contributed by atoms with Gasteiger partial charge in [-0.25, -0.2) is 22.8 Å². The molecule has 4 rings (SSSR count). The fraction of sp³-hybridized carbons (Fsp3) is 0.217. The van der Waals surface area contributed by atoms with Crippen molar-refractivity contribution in [1.82, 2.24) is 24.3 Å². The second-order valence-electron chi connectivity index (χ2n) is 7.60. The number of nitrogens with one attached hydrogen (secondary N) is 1. The summed E-state index contributed by atoms with van der Waals surface area (Å²) in [5.74, 6) is -0.271. The second kappa shape index (κ2) is 9.97. The van der Waals surface area contributed by atoms with Crippen molar-refractivity contribution in [1.29, 1.82) is 0 Å². The van der Waals surface area contributed by atoms with Gasteiger partial charge in [-0.3, -0.25) is 9.78 Å². The van der Waals surface area contributed by atoms with Crippen LogP contribution in [-0.2, 0) is 0 Å². The number of rotatable bonds is 8. The standard InChI is InChI=1S/C23H21F3N6O3/c1-13-10-31(12-28-13)19-4-3-16(6-21(19)35-2)29-18-7-17(22(25)26)30-32(23(18)34)20(11-33)14-5-15(24)9-27-8-14/h3-10,12,20,22,29,33H,11H2,1-2H3/t20-/m0/s1. The molecular weight excluding hydrogens is 465 g/mol. The van der Waals surface area contributed by atoms with E-state index in [1.165, 1.54) is 13.3 Å². The number of ether oxygens (including phenoxy) is 1. The lowest BCUT2D eigenvalue weighted by Crippen LogP contribution is -2.32. The molecule has 182 valence electrons. The van der Waals surface area contributed by atoms with Gasteiger partial charge >= 0.3 is 0 Å². The molecule has 0 bridgehead atoms. The summed E-state index contributed by atoms with van der Waals surface area (Å²) in [6, 6.07) is 5.69. The monoisotopic (exact) mass is 486 g/mol. The van der Waals surface area contributed by atoms with Crippen LogP contribution < -0.4 is 15.6 Å². The van der Waals surface area contributed by atoms with E-state index in [2.05, 4.69) is 20.4 Å². The van der Waals surface area contributed by atoms with Crippen molar-refractivity contribution >= 4 is 11.4 Å². The molecule has 0 fully saturated rings. The molecule has 12 heteroatoms. The summed E-state index contributed by atoms with van der Waals surface area (Å²) in [5.41, 5.74) is 0.243. The highest BCUT2D eigenvalue weighted by atomic mass is 19.3. The number of nitrogens with zero attached hydrogens (tertiary/aromatic N) is 5. The third kappa shape index (κ3) is 5.01. The highest BCUT2D eigenvalue weighted by molar-refractivity contribution is 5.64. The van der Waals surface area contributed by atoms with Crippen molar-refractivity contribution in [2.45, 2.75) is 19.4 Å². The number of hydrogen-bond donors (Lipinski definition) is 2. The zero-order valence-electron chi connectivity index (χ0n) is 18.7. The molecule has 35 heavy (non-hydrogen) atoms. The van der Waals surface area contributed by atoms with Crippen LogP contribution in [-0.4, -0.2) is 43.1 Å². The Balaban J connectivity index is 1.76. The number of halogens is 3. The Kier molecular flexibility index (Phi) is 6.82. The van der Waals surface area contributed by atoms with E-state index < -0.39 is 36.1 Å². The number of pyridine rings is 1. The van der Waals surface area contributed by atoms with Crippen LogP contribution in [0.25, 0.3) is 5.69 Å². The molecule has 9 nitrogen and oxygen atoms in total. The van der Waals surface area contributed by atoms with E-state index in [-0.39, 0.29) is 11.3 Å². The number of aliphatic hydroxyl groups excluding tert-OH is 1. The zero-order chi connectivity index (χ0) is 25.1. The van der Waals surface area contributed by atoms with Crippen LogP contribution in [0.1, 0.15) is 29.4 Å². The van der Waals surface area contributed by atoms with E-state index in [0.29, 0.717) is 21.8 Å². The third-order valence-corrected chi connectivity index (χ3v) is 5.21. The molecule has 3 aromatic heterocycles. The lowest BCUT2D eigenvalue weighted by molar-refractivity contribution is 0.141. The van der Waals surface area contributed by atoms with Crippen LogP contribution in [0.3, 0.4) is 0 Å². The maximum absolute atomic E-state index is 13.7. The Hall–Kier alpha value is -4.19. The fourth-order valence-corrected chi connectivity index (χ4v) is 3.55. The van der Waals surface area contributed by atoms with E-state index >= 15 is 0 Å². The Morgan fingerprint density at radius 2 is 2.00 bits per heavy atom. The number of imidazole rings is 1. The normalized spacial score (nSPS) is 12.1. The van der Waals surface area contributed by atoms with Gasteiger partial charge in [-0.1, -0.05) is 0 Å². The predicted octanol–water partition coefficient (Wildman–Crippen LogP) is 3.54. The molecule has 0 saturated carbocycles. The predicted molar refractivity (Wildman–Crippen MR) is 121 cm³/mol. The molecule has 3 heterocycles. The maximum atomic E-state index is 13.7. The van der Waals surface area contributed by atoms with Gasteiger partial charge in [0, 0.05) is 29.7 Å². The number of benzene rings is 1. The van der Waals surface area contributed by atoms with Crippen LogP contribution in [0, 0.1) is 12.7 Å². The van der Waals surface area contributed by atoms with Crippen LogP contribution >= 0.6 is 0 Å². The summed E-state index contributed by atoms with van der Waals surface area (Å²) in [7, 11) is 1.47. The fourth-order valence-electron chi connectivity index (χ4n) is 3.55. The average Bonchev–Trinajstić information content (AvgIpc) is 3.27. The number of hydrogen-bond acceptors (Lipinski definition) is 7. The molecule has 0 saturated heterocycles. The van der Waals surface area contributed by atoms with Gasteiger partial charge in [-0.05, 0) is 31.2 Å². The van der Waals surface area contributed by atoms with Gasteiger partial charge < -0.3 is 19.7 Å². The maximum Gasteiger partial charge on any atom is 0.291 e. The van der Waals surface area contributed by atoms with Gasteiger partial charge in [0.2, 0.25) is 0 Å². The van der Waals surface area contributed by atoms with Crippen LogP contribution in [0.15, 0.2) is 60.0 Å². The first-order valence-corrected chi connectivity index (χ1v) is 10.4. The Morgan fingerprint density at radius 3 is 2.63 bits per heavy atom. The van der Waals surface area contributed by atoms with E-state index in [1.807, 2.05) is 6.92 Å². The molecule has 0 spiro atoms. The summed E-state index contributed by atoms with van der Waals surface area (Å²) in [6.45, 7) is 1.14. The summed E-state index contributed by atoms with van der Waals surface area (Å²) in [4.78, 5) is 21.1. The molecule has 1 atom stereocenters. The second-order valence-corrected chi connectivity index (χ2v) is 7.60. The molecule has 0 unspecified atom stereocenters. The quantitative estimate of drug-likeness (QED) is 0.392. The summed E-state index contributed by atoms with van der Waals surface area (Å²) < 4.78 is 48.8. The molecule has 0 radical (unpaired) electrons. The van der Waals surface area contributed by atoms with Crippen molar-refractivity contribution in [2.24, 2.45) is 0 Å². The largest absolute Gasteiger partial charge is 0.494 e. The van der Waals surface area contributed by atoms with Crippen LogP contribution in [0.2, 0.25) is 0 Å². The van der Waals surface area contributed by atoms with Crippen LogP contribution in [0.5, 0.6) is 5.75 Å². The van der Waals surface area contributed by atoms with Crippen molar-refractivity contribution in [3.05, 3.63) is 88.4 Å². The average molecular weight is 486 g/mol. The van der Waals surface area contributed by atoms with E-state index in [1.54, 1.807) is 35.3 Å². The third-order valence-electron chi connectivity index (χ3n) is 5.21. The molecule has 0 aliphatic rings. The molecule has 4 aromatic rings. The highest BCUT2D eigenvalue weighted by Gasteiger charge is 2.22. The minimum Gasteiger partial charge on any atom is -0.494 e. The van der Waals surface area contributed by atoms with Crippen LogP contribution in [0.4, 0.5) is 24.5 Å². The summed E-state index contributed by atoms with van der Waals surface area (Å²) in [5, 5.41) is 16.4. The van der Waals surface area contributed by atoms with Crippen molar-refractivity contribution in [3.63, 3.8) is 0 Å². The SMILES string of the molecule is COc1cc(Nc2cc(C(F)F)nn([C@@H](CO)c3cncc(F)c3)c2=O)ccc1-n1cnc(C)c1. The molecular formula is C23H21F3N6O3. The van der Waals surface area contributed by atoms with Crippen molar-refractivity contribution in [3.8, 4) is 11.4 Å². The lowest BCUT2D eigenvalue weighted by atomic mass is 10.1. The molecule has 1 aromatic carbocycles. The highest BCUT2D eigenvalue weighted by Crippen LogP contribution is 2.29. The zero-order valence-corrected chi connectivity index (χ0v) is 18.7. The first-order valence-electron chi connectivity index (χ1n) is 10.4. The van der Waals surface area contributed by atoms with Gasteiger partial charge in [-0.15, -0.1) is 0 Å². The molecule has 2 N–H and O–H groups in total.